The van der Waals surface area contributed by atoms with Crippen molar-refractivity contribution in [2.75, 3.05) is 0 Å². The van der Waals surface area contributed by atoms with Gasteiger partial charge in [0.25, 0.3) is 0 Å². The van der Waals surface area contributed by atoms with E-state index in [0.717, 1.165) is 17.4 Å². The van der Waals surface area contributed by atoms with Gasteiger partial charge in [0, 0.05) is 11.8 Å². The third-order valence-corrected chi connectivity index (χ3v) is 3.58. The summed E-state index contributed by atoms with van der Waals surface area (Å²) in [6.45, 7) is 2.07. The maximum absolute atomic E-state index is 12.2. The van der Waals surface area contributed by atoms with Crippen LogP contribution in [0.15, 0.2) is 59.0 Å². The van der Waals surface area contributed by atoms with E-state index >= 15 is 0 Å². The largest absolute Gasteiger partial charge is 0.453 e. The second-order valence-corrected chi connectivity index (χ2v) is 5.00. The smallest absolute Gasteiger partial charge is 0.198 e. The van der Waals surface area contributed by atoms with E-state index in [4.69, 9.17) is 4.42 Å². The summed E-state index contributed by atoms with van der Waals surface area (Å²) in [4.78, 5) is 12.2. The molecule has 2 aromatic carbocycles. The van der Waals surface area contributed by atoms with E-state index in [9.17, 15) is 4.79 Å². The lowest BCUT2D eigenvalue weighted by Crippen LogP contribution is -2.00. The third kappa shape index (κ3) is 2.50. The summed E-state index contributed by atoms with van der Waals surface area (Å²) in [7, 11) is 0. The maximum Gasteiger partial charge on any atom is 0.198 e. The molecule has 20 heavy (non-hydrogen) atoms. The molecule has 0 fully saturated rings. The average molecular weight is 264 g/mol. The van der Waals surface area contributed by atoms with Gasteiger partial charge in [0.05, 0.1) is 0 Å². The first-order valence-corrected chi connectivity index (χ1v) is 6.80. The molecule has 0 atom stereocenters. The molecule has 0 aliphatic carbocycles. The summed E-state index contributed by atoms with van der Waals surface area (Å²) in [5, 5.41) is 0.978. The van der Waals surface area contributed by atoms with Crippen molar-refractivity contribution in [2.45, 2.75) is 19.8 Å². The van der Waals surface area contributed by atoms with E-state index in [2.05, 4.69) is 19.1 Å². The van der Waals surface area contributed by atoms with Gasteiger partial charge < -0.3 is 4.42 Å². The maximum atomic E-state index is 12.2. The van der Waals surface area contributed by atoms with Gasteiger partial charge in [-0.1, -0.05) is 42.5 Å². The van der Waals surface area contributed by atoms with Gasteiger partial charge in [0.15, 0.2) is 11.5 Å². The molecule has 0 aliphatic rings. The summed E-state index contributed by atoms with van der Waals surface area (Å²) in [6.07, 6.45) is 1.23. The molecule has 3 rings (SSSR count). The number of furan rings is 1. The Morgan fingerprint density at radius 2 is 1.80 bits per heavy atom. The Balaban J connectivity index is 1.75. The summed E-state index contributed by atoms with van der Waals surface area (Å²) in [5.41, 5.74) is 3.22. The molecular weight excluding hydrogens is 248 g/mol. The molecule has 0 N–H and O–H groups in total. The lowest BCUT2D eigenvalue weighted by molar-refractivity contribution is 0.0958. The number of fused-ring (bicyclic) bond motifs is 1. The summed E-state index contributed by atoms with van der Waals surface area (Å²) in [5.74, 6) is 0.518. The quantitative estimate of drug-likeness (QED) is 0.647. The van der Waals surface area contributed by atoms with Crippen molar-refractivity contribution in [3.8, 4) is 0 Å². The van der Waals surface area contributed by atoms with E-state index < -0.39 is 0 Å². The Morgan fingerprint density at radius 1 is 1.05 bits per heavy atom. The minimum Gasteiger partial charge on any atom is -0.453 e. The molecule has 0 radical (unpaired) electrons. The highest BCUT2D eigenvalue weighted by atomic mass is 16.3. The zero-order valence-corrected chi connectivity index (χ0v) is 11.4. The first-order valence-electron chi connectivity index (χ1n) is 6.80. The number of carbonyl (C=O) groups is 1. The van der Waals surface area contributed by atoms with Crippen LogP contribution in [0.5, 0.6) is 0 Å². The number of para-hydroxylation sites is 1. The predicted octanol–water partition coefficient (Wildman–Crippen LogP) is 4.56. The number of hydrogen-bond acceptors (Lipinski definition) is 2. The molecule has 1 aromatic heterocycles. The molecule has 2 heteroatoms. The SMILES string of the molecule is Cc1ccccc1CCC(=O)c1cc2ccccc2o1. The van der Waals surface area contributed by atoms with Gasteiger partial charge in [0.1, 0.15) is 5.58 Å². The Kier molecular flexibility index (Phi) is 3.38. The first kappa shape index (κ1) is 12.7. The van der Waals surface area contributed by atoms with Crippen molar-refractivity contribution >= 4 is 16.8 Å². The van der Waals surface area contributed by atoms with Gasteiger partial charge in [-0.15, -0.1) is 0 Å². The van der Waals surface area contributed by atoms with Crippen molar-refractivity contribution < 1.29 is 9.21 Å². The van der Waals surface area contributed by atoms with Crippen molar-refractivity contribution in [3.05, 3.63) is 71.5 Å². The van der Waals surface area contributed by atoms with Crippen LogP contribution in [0, 0.1) is 6.92 Å². The summed E-state index contributed by atoms with van der Waals surface area (Å²) < 4.78 is 5.60. The molecule has 0 saturated carbocycles. The zero-order chi connectivity index (χ0) is 13.9. The molecule has 2 nitrogen and oxygen atoms in total. The van der Waals surface area contributed by atoms with Gasteiger partial charge in [-0.25, -0.2) is 0 Å². The second kappa shape index (κ2) is 5.33. The lowest BCUT2D eigenvalue weighted by atomic mass is 10.0. The topological polar surface area (TPSA) is 30.2 Å². The summed E-state index contributed by atoms with van der Waals surface area (Å²) >= 11 is 0. The fraction of sp³-hybridized carbons (Fsp3) is 0.167. The van der Waals surface area contributed by atoms with Crippen LogP contribution in [0.2, 0.25) is 0 Å². The molecule has 3 aromatic rings. The van der Waals surface area contributed by atoms with Crippen LogP contribution >= 0.6 is 0 Å². The van der Waals surface area contributed by atoms with Crippen LogP contribution in [0.1, 0.15) is 28.1 Å². The molecule has 0 aliphatic heterocycles. The van der Waals surface area contributed by atoms with Gasteiger partial charge in [0.2, 0.25) is 0 Å². The van der Waals surface area contributed by atoms with Gasteiger partial charge in [-0.3, -0.25) is 4.79 Å². The van der Waals surface area contributed by atoms with E-state index in [1.165, 1.54) is 11.1 Å². The molecular formula is C18H16O2. The minimum absolute atomic E-state index is 0.0597. The monoisotopic (exact) mass is 264 g/mol. The molecule has 0 saturated heterocycles. The van der Waals surface area contributed by atoms with Gasteiger partial charge in [-0.2, -0.15) is 0 Å². The van der Waals surface area contributed by atoms with Crippen LogP contribution in [0.4, 0.5) is 0 Å². The van der Waals surface area contributed by atoms with Crippen molar-refractivity contribution in [1.82, 2.24) is 0 Å². The number of hydrogen-bond donors (Lipinski definition) is 0. The number of carbonyl (C=O) groups excluding carboxylic acids is 1. The van der Waals surface area contributed by atoms with Crippen molar-refractivity contribution in [3.63, 3.8) is 0 Å². The van der Waals surface area contributed by atoms with E-state index in [-0.39, 0.29) is 5.78 Å². The van der Waals surface area contributed by atoms with E-state index in [0.29, 0.717) is 12.2 Å². The fourth-order valence-electron chi connectivity index (χ4n) is 2.38. The van der Waals surface area contributed by atoms with Crippen LogP contribution < -0.4 is 0 Å². The molecule has 0 spiro atoms. The molecule has 0 amide bonds. The van der Waals surface area contributed by atoms with Crippen molar-refractivity contribution in [1.29, 1.82) is 0 Å². The Labute approximate surface area is 118 Å². The average Bonchev–Trinajstić information content (AvgIpc) is 2.90. The first-order chi connectivity index (χ1) is 9.74. The Morgan fingerprint density at radius 3 is 2.60 bits per heavy atom. The fourth-order valence-corrected chi connectivity index (χ4v) is 2.38. The summed E-state index contributed by atoms with van der Waals surface area (Å²) in [6, 6.07) is 17.7. The Bertz CT molecular complexity index is 720. The van der Waals surface area contributed by atoms with Crippen LogP contribution in [-0.2, 0) is 6.42 Å². The molecule has 100 valence electrons. The lowest BCUT2D eigenvalue weighted by Gasteiger charge is -2.03. The van der Waals surface area contributed by atoms with Gasteiger partial charge >= 0.3 is 0 Å². The Hall–Kier alpha value is -2.35. The number of rotatable bonds is 4. The normalized spacial score (nSPS) is 10.8. The molecule has 0 unspecified atom stereocenters. The third-order valence-electron chi connectivity index (χ3n) is 3.58. The molecule has 0 bridgehead atoms. The van der Waals surface area contributed by atoms with Crippen LogP contribution in [0.3, 0.4) is 0 Å². The standard InChI is InChI=1S/C18H16O2/c1-13-6-2-3-7-14(13)10-11-16(19)18-12-15-8-4-5-9-17(15)20-18/h2-9,12H,10-11H2,1H3. The number of Topliss-reactive ketones (excluding diaryl/α,β-unsaturated/α-hetero) is 1. The number of aryl methyl sites for hydroxylation is 2. The van der Waals surface area contributed by atoms with Crippen LogP contribution in [-0.4, -0.2) is 5.78 Å². The predicted molar refractivity (Wildman–Crippen MR) is 80.0 cm³/mol. The zero-order valence-electron chi connectivity index (χ0n) is 11.4. The van der Waals surface area contributed by atoms with Gasteiger partial charge in [-0.05, 0) is 36.6 Å². The van der Waals surface area contributed by atoms with E-state index in [1.807, 2.05) is 42.5 Å². The van der Waals surface area contributed by atoms with E-state index in [1.54, 1.807) is 0 Å². The minimum atomic E-state index is 0.0597. The van der Waals surface area contributed by atoms with Crippen molar-refractivity contribution in [2.24, 2.45) is 0 Å². The second-order valence-electron chi connectivity index (χ2n) is 5.00. The number of benzene rings is 2. The molecule has 1 heterocycles. The highest BCUT2D eigenvalue weighted by molar-refractivity contribution is 5.97. The van der Waals surface area contributed by atoms with Crippen LogP contribution in [0.25, 0.3) is 11.0 Å². The number of ketones is 1. The highest BCUT2D eigenvalue weighted by Gasteiger charge is 2.12. The highest BCUT2D eigenvalue weighted by Crippen LogP contribution is 2.20.